The molecule has 0 fully saturated rings. The van der Waals surface area contributed by atoms with Gasteiger partial charge in [0.25, 0.3) is 0 Å². The number of rotatable bonds is 6. The van der Waals surface area contributed by atoms with Gasteiger partial charge in [-0.15, -0.1) is 0 Å². The molecule has 0 aliphatic heterocycles. The molecule has 0 unspecified atom stereocenters. The number of ether oxygens (including phenoxy) is 4. The third-order valence-electron chi connectivity index (χ3n) is 2.60. The lowest BCUT2D eigenvalue weighted by atomic mass is 10.1. The minimum absolute atomic E-state index is 0.0240. The first-order valence-corrected chi connectivity index (χ1v) is 5.97. The molecule has 1 aromatic carbocycles. The largest absolute Gasteiger partial charge is 0.467 e. The van der Waals surface area contributed by atoms with Crippen molar-refractivity contribution in [2.24, 2.45) is 0 Å². The first-order valence-electron chi connectivity index (χ1n) is 5.97. The first kappa shape index (κ1) is 14.4. The van der Waals surface area contributed by atoms with Crippen LogP contribution in [0.3, 0.4) is 0 Å². The van der Waals surface area contributed by atoms with Crippen molar-refractivity contribution >= 4 is 10.8 Å². The van der Waals surface area contributed by atoms with Gasteiger partial charge >= 0.3 is 5.63 Å². The molecule has 0 radical (unpaired) electrons. The number of methoxy groups -OCH3 is 2. The van der Waals surface area contributed by atoms with Gasteiger partial charge in [0.2, 0.25) is 0 Å². The van der Waals surface area contributed by atoms with Gasteiger partial charge in [0, 0.05) is 20.3 Å². The summed E-state index contributed by atoms with van der Waals surface area (Å²) in [5.74, 6) is 1.41. The van der Waals surface area contributed by atoms with E-state index in [9.17, 15) is 4.79 Å². The predicted octanol–water partition coefficient (Wildman–Crippen LogP) is 2.07. The van der Waals surface area contributed by atoms with Crippen LogP contribution in [-0.2, 0) is 9.47 Å². The molecule has 6 heteroatoms. The normalized spacial score (nSPS) is 10.8. The maximum absolute atomic E-state index is 12.0. The molecule has 6 nitrogen and oxygen atoms in total. The van der Waals surface area contributed by atoms with Crippen molar-refractivity contribution in [2.45, 2.75) is 6.92 Å². The van der Waals surface area contributed by atoms with Gasteiger partial charge in [-0.2, -0.15) is 0 Å². The molecule has 20 heavy (non-hydrogen) atoms. The highest BCUT2D eigenvalue weighted by Gasteiger charge is 2.12. The van der Waals surface area contributed by atoms with Gasteiger partial charge in [0.1, 0.15) is 22.6 Å². The Morgan fingerprint density at radius 1 is 1.05 bits per heavy atom. The van der Waals surface area contributed by atoms with Gasteiger partial charge in [0.05, 0.1) is 0 Å². The molecule has 0 spiro atoms. The van der Waals surface area contributed by atoms with Crippen molar-refractivity contribution in [1.82, 2.24) is 0 Å². The Hall–Kier alpha value is -2.05. The lowest BCUT2D eigenvalue weighted by molar-refractivity contribution is 0.0468. The van der Waals surface area contributed by atoms with Gasteiger partial charge in [-0.25, -0.2) is 4.79 Å². The van der Waals surface area contributed by atoms with E-state index in [-0.39, 0.29) is 13.6 Å². The first-order chi connectivity index (χ1) is 9.65. The number of aryl methyl sites for hydroxylation is 1. The van der Waals surface area contributed by atoms with Crippen LogP contribution in [0, 0.1) is 6.92 Å². The van der Waals surface area contributed by atoms with E-state index in [4.69, 9.17) is 23.4 Å². The molecular weight excluding hydrogens is 264 g/mol. The summed E-state index contributed by atoms with van der Waals surface area (Å²) >= 11 is 0. The third-order valence-corrected chi connectivity index (χ3v) is 2.60. The predicted molar refractivity (Wildman–Crippen MR) is 72.2 cm³/mol. The highest BCUT2D eigenvalue weighted by Crippen LogP contribution is 2.29. The number of benzene rings is 1. The molecule has 0 saturated carbocycles. The summed E-state index contributed by atoms with van der Waals surface area (Å²) < 4.78 is 25.6. The van der Waals surface area contributed by atoms with E-state index in [1.807, 2.05) is 0 Å². The lowest BCUT2D eigenvalue weighted by Gasteiger charge is -2.11. The molecular formula is C14H16O6. The van der Waals surface area contributed by atoms with Crippen LogP contribution in [0.4, 0.5) is 0 Å². The van der Waals surface area contributed by atoms with E-state index in [1.165, 1.54) is 14.2 Å². The van der Waals surface area contributed by atoms with Gasteiger partial charge in [-0.3, -0.25) is 0 Å². The van der Waals surface area contributed by atoms with Crippen LogP contribution < -0.4 is 15.1 Å². The molecule has 2 aromatic rings. The second kappa shape index (κ2) is 6.40. The van der Waals surface area contributed by atoms with E-state index in [0.29, 0.717) is 28.0 Å². The summed E-state index contributed by atoms with van der Waals surface area (Å²) in [6.07, 6.45) is 0. The fraction of sp³-hybridized carbons (Fsp3) is 0.357. The summed E-state index contributed by atoms with van der Waals surface area (Å²) in [7, 11) is 3.03. The van der Waals surface area contributed by atoms with E-state index in [0.717, 1.165) is 0 Å². The second-order valence-corrected chi connectivity index (χ2v) is 4.13. The molecule has 1 heterocycles. The monoisotopic (exact) mass is 280 g/mol. The summed E-state index contributed by atoms with van der Waals surface area (Å²) in [4.78, 5) is 12.0. The zero-order valence-electron chi connectivity index (χ0n) is 11.6. The standard InChI is InChI=1S/C14H16O6/c1-9-4-10-5-11(18-7-16-2)6-12(19-8-17-3)13(10)14(15)20-9/h4-6H,7-8H2,1-3H3. The van der Waals surface area contributed by atoms with Crippen molar-refractivity contribution in [3.63, 3.8) is 0 Å². The van der Waals surface area contributed by atoms with E-state index in [1.54, 1.807) is 25.1 Å². The summed E-state index contributed by atoms with van der Waals surface area (Å²) in [5.41, 5.74) is -0.454. The topological polar surface area (TPSA) is 67.1 Å². The summed E-state index contributed by atoms with van der Waals surface area (Å²) in [5, 5.41) is 1.04. The van der Waals surface area contributed by atoms with Crippen LogP contribution in [0.15, 0.2) is 27.4 Å². The van der Waals surface area contributed by atoms with E-state index < -0.39 is 5.63 Å². The van der Waals surface area contributed by atoms with Gasteiger partial charge < -0.3 is 23.4 Å². The van der Waals surface area contributed by atoms with Gasteiger partial charge in [-0.05, 0) is 24.4 Å². The van der Waals surface area contributed by atoms with Crippen molar-refractivity contribution < 1.29 is 23.4 Å². The van der Waals surface area contributed by atoms with E-state index >= 15 is 0 Å². The van der Waals surface area contributed by atoms with Crippen molar-refractivity contribution in [1.29, 1.82) is 0 Å². The SMILES string of the molecule is COCOc1cc(OCOC)c2c(=O)oc(C)cc2c1. The van der Waals surface area contributed by atoms with Crippen LogP contribution in [0.25, 0.3) is 10.8 Å². The van der Waals surface area contributed by atoms with E-state index in [2.05, 4.69) is 0 Å². The molecule has 2 rings (SSSR count). The third kappa shape index (κ3) is 3.09. The quantitative estimate of drug-likeness (QED) is 0.755. The minimum Gasteiger partial charge on any atom is -0.467 e. The minimum atomic E-state index is -0.454. The van der Waals surface area contributed by atoms with Gasteiger partial charge in [-0.1, -0.05) is 0 Å². The lowest BCUT2D eigenvalue weighted by Crippen LogP contribution is -2.07. The molecule has 0 atom stereocenters. The maximum atomic E-state index is 12.0. The molecule has 0 aliphatic rings. The average molecular weight is 280 g/mol. The van der Waals surface area contributed by atoms with Crippen LogP contribution >= 0.6 is 0 Å². The number of fused-ring (bicyclic) bond motifs is 1. The van der Waals surface area contributed by atoms with Crippen molar-refractivity contribution in [2.75, 3.05) is 27.8 Å². The number of hydrogen-bond donors (Lipinski definition) is 0. The Kier molecular flexibility index (Phi) is 4.60. The molecule has 0 aliphatic carbocycles. The van der Waals surface area contributed by atoms with Crippen molar-refractivity contribution in [3.05, 3.63) is 34.4 Å². The van der Waals surface area contributed by atoms with Crippen molar-refractivity contribution in [3.8, 4) is 11.5 Å². The molecule has 0 N–H and O–H groups in total. The Morgan fingerprint density at radius 2 is 1.75 bits per heavy atom. The zero-order valence-corrected chi connectivity index (χ0v) is 11.6. The molecule has 0 saturated heterocycles. The molecule has 0 bridgehead atoms. The fourth-order valence-corrected chi connectivity index (χ4v) is 1.84. The average Bonchev–Trinajstić information content (AvgIpc) is 2.41. The van der Waals surface area contributed by atoms with Crippen LogP contribution in [0.5, 0.6) is 11.5 Å². The Labute approximate surface area is 115 Å². The van der Waals surface area contributed by atoms with Crippen LogP contribution in [0.1, 0.15) is 5.76 Å². The Bertz CT molecular complexity index is 646. The molecule has 108 valence electrons. The number of hydrogen-bond acceptors (Lipinski definition) is 6. The second-order valence-electron chi connectivity index (χ2n) is 4.13. The summed E-state index contributed by atoms with van der Waals surface area (Å²) in [6.45, 7) is 1.84. The Morgan fingerprint density at radius 3 is 2.45 bits per heavy atom. The van der Waals surface area contributed by atoms with Crippen LogP contribution in [-0.4, -0.2) is 27.8 Å². The van der Waals surface area contributed by atoms with Crippen LogP contribution in [0.2, 0.25) is 0 Å². The fourth-order valence-electron chi connectivity index (χ4n) is 1.84. The molecule has 0 amide bonds. The highest BCUT2D eigenvalue weighted by molar-refractivity contribution is 5.88. The van der Waals surface area contributed by atoms with Gasteiger partial charge in [0.15, 0.2) is 13.6 Å². The smallest absolute Gasteiger partial charge is 0.347 e. The Balaban J connectivity index is 2.55. The highest BCUT2D eigenvalue weighted by atomic mass is 16.7. The molecule has 1 aromatic heterocycles. The maximum Gasteiger partial charge on any atom is 0.347 e. The summed E-state index contributed by atoms with van der Waals surface area (Å²) in [6, 6.07) is 5.08. The zero-order chi connectivity index (χ0) is 14.5.